The summed E-state index contributed by atoms with van der Waals surface area (Å²) in [4.78, 5) is 29.5. The lowest BCUT2D eigenvalue weighted by molar-refractivity contribution is -0.143. The molecule has 4 aromatic carbocycles. The number of carbonyl (C=O) groups excluding carboxylic acids is 2. The van der Waals surface area contributed by atoms with Gasteiger partial charge in [-0.25, -0.2) is 0 Å². The number of nitrogens with zero attached hydrogens (tertiary/aromatic N) is 1. The number of Topliss-reactive ketones (excluding diaryl/α,β-unsaturated/α-hetero) is 1. The van der Waals surface area contributed by atoms with Gasteiger partial charge in [0.25, 0.3) is 0 Å². The molecule has 1 amide bonds. The number of benzene rings is 4. The van der Waals surface area contributed by atoms with Crippen LogP contribution in [0.1, 0.15) is 53.1 Å². The first kappa shape index (κ1) is 21.8. The molecule has 0 N–H and O–H groups in total. The molecule has 1 fully saturated rings. The lowest BCUT2D eigenvalue weighted by Gasteiger charge is -2.44. The van der Waals surface area contributed by atoms with Gasteiger partial charge in [-0.2, -0.15) is 0 Å². The number of rotatable bonds is 5. The molecule has 1 saturated heterocycles. The molecule has 0 spiro atoms. The van der Waals surface area contributed by atoms with Crippen LogP contribution in [0.2, 0.25) is 0 Å². The van der Waals surface area contributed by atoms with Crippen molar-refractivity contribution in [2.24, 2.45) is 0 Å². The summed E-state index contributed by atoms with van der Waals surface area (Å²) in [5.74, 6) is -0.247. The minimum absolute atomic E-state index is 0.0209. The molecule has 0 saturated carbocycles. The number of carbonyl (C=O) groups is 2. The van der Waals surface area contributed by atoms with Crippen LogP contribution in [0.15, 0.2) is 121 Å². The third-order valence-corrected chi connectivity index (χ3v) is 6.65. The van der Waals surface area contributed by atoms with E-state index in [0.717, 1.165) is 22.3 Å². The van der Waals surface area contributed by atoms with Crippen LogP contribution in [0.4, 0.5) is 0 Å². The largest absolute Gasteiger partial charge is 0.327 e. The molecule has 5 rings (SSSR count). The highest BCUT2D eigenvalue weighted by Crippen LogP contribution is 2.43. The fourth-order valence-electron chi connectivity index (χ4n) is 5.06. The molecule has 168 valence electrons. The molecule has 4 aromatic rings. The number of hydrogen-bond donors (Lipinski definition) is 0. The van der Waals surface area contributed by atoms with Crippen molar-refractivity contribution in [3.8, 4) is 0 Å². The van der Waals surface area contributed by atoms with Gasteiger partial charge in [-0.1, -0.05) is 121 Å². The molecule has 1 aliphatic heterocycles. The maximum atomic E-state index is 14.6. The number of hydrogen-bond acceptors (Lipinski definition) is 2. The van der Waals surface area contributed by atoms with E-state index < -0.39 is 5.92 Å². The molecule has 2 atom stereocenters. The lowest BCUT2D eigenvalue weighted by Crippen LogP contribution is -2.45. The Kier molecular flexibility index (Phi) is 6.35. The Labute approximate surface area is 200 Å². The van der Waals surface area contributed by atoms with Crippen LogP contribution in [-0.2, 0) is 9.59 Å². The van der Waals surface area contributed by atoms with Crippen molar-refractivity contribution in [2.45, 2.75) is 30.8 Å². The summed E-state index contributed by atoms with van der Waals surface area (Å²) in [6.07, 6.45) is 0.658. The Morgan fingerprint density at radius 2 is 0.941 bits per heavy atom. The van der Waals surface area contributed by atoms with Crippen LogP contribution in [0.5, 0.6) is 0 Å². The minimum atomic E-state index is -0.451. The fraction of sp³-hybridized carbons (Fsp3) is 0.161. The second-order valence-electron chi connectivity index (χ2n) is 8.80. The monoisotopic (exact) mass is 445 g/mol. The van der Waals surface area contributed by atoms with Gasteiger partial charge in [-0.05, 0) is 22.3 Å². The second kappa shape index (κ2) is 9.88. The van der Waals surface area contributed by atoms with Gasteiger partial charge in [0.05, 0.1) is 18.0 Å². The summed E-state index contributed by atoms with van der Waals surface area (Å²) in [5, 5.41) is 0. The zero-order chi connectivity index (χ0) is 23.3. The van der Waals surface area contributed by atoms with Crippen LogP contribution in [0.3, 0.4) is 0 Å². The van der Waals surface area contributed by atoms with Gasteiger partial charge in [-0.3, -0.25) is 9.59 Å². The van der Waals surface area contributed by atoms with Crippen LogP contribution >= 0.6 is 0 Å². The van der Waals surface area contributed by atoms with E-state index in [1.165, 1.54) is 0 Å². The second-order valence-corrected chi connectivity index (χ2v) is 8.80. The molecule has 0 unspecified atom stereocenters. The maximum Gasteiger partial charge on any atom is 0.235 e. The molecular weight excluding hydrogens is 418 g/mol. The number of likely N-dealkylation sites (tertiary alicyclic amines) is 1. The van der Waals surface area contributed by atoms with Crippen LogP contribution in [0, 0.1) is 0 Å². The normalized spacial score (nSPS) is 18.1. The molecule has 0 bridgehead atoms. The minimum Gasteiger partial charge on any atom is -0.327 e. The molecule has 0 aromatic heterocycles. The Bertz CT molecular complexity index is 1150. The maximum absolute atomic E-state index is 14.6. The number of ketones is 1. The highest BCUT2D eigenvalue weighted by molar-refractivity contribution is 5.91. The van der Waals surface area contributed by atoms with Crippen LogP contribution in [0.25, 0.3) is 0 Å². The van der Waals surface area contributed by atoms with Crippen molar-refractivity contribution in [3.63, 3.8) is 0 Å². The average molecular weight is 446 g/mol. The quantitative estimate of drug-likeness (QED) is 0.352. The summed E-state index contributed by atoms with van der Waals surface area (Å²) in [5.41, 5.74) is 3.89. The van der Waals surface area contributed by atoms with Crippen molar-refractivity contribution in [1.29, 1.82) is 0 Å². The molecule has 1 aliphatic rings. The predicted octanol–water partition coefficient (Wildman–Crippen LogP) is 6.49. The smallest absolute Gasteiger partial charge is 0.235 e. The third kappa shape index (κ3) is 4.42. The first-order valence-corrected chi connectivity index (χ1v) is 11.8. The van der Waals surface area contributed by atoms with Gasteiger partial charge in [0, 0.05) is 12.8 Å². The zero-order valence-corrected chi connectivity index (χ0v) is 19.0. The van der Waals surface area contributed by atoms with E-state index in [1.54, 1.807) is 0 Å². The standard InChI is InChI=1S/C31H27NO2/c33-27-21-28(23-13-5-1-6-14-23)32(29(22-27)24-15-7-2-8-16-24)31(34)30(25-17-9-3-10-18-25)26-19-11-4-12-20-26/h1-20,28-30H,21-22H2/t28-,29+. The molecule has 3 nitrogen and oxygen atoms in total. The number of piperidine rings is 1. The first-order valence-electron chi connectivity index (χ1n) is 11.8. The van der Waals surface area contributed by atoms with Gasteiger partial charge in [-0.15, -0.1) is 0 Å². The van der Waals surface area contributed by atoms with Gasteiger partial charge in [0.2, 0.25) is 5.91 Å². The number of amides is 1. The fourth-order valence-corrected chi connectivity index (χ4v) is 5.06. The molecular formula is C31H27NO2. The predicted molar refractivity (Wildman–Crippen MR) is 134 cm³/mol. The van der Waals surface area contributed by atoms with E-state index in [0.29, 0.717) is 12.8 Å². The van der Waals surface area contributed by atoms with E-state index in [2.05, 4.69) is 0 Å². The van der Waals surface area contributed by atoms with E-state index in [9.17, 15) is 9.59 Å². The zero-order valence-electron chi connectivity index (χ0n) is 19.0. The van der Waals surface area contributed by atoms with Gasteiger partial charge in [0.1, 0.15) is 5.78 Å². The molecule has 0 radical (unpaired) electrons. The molecule has 3 heteroatoms. The van der Waals surface area contributed by atoms with E-state index in [-0.39, 0.29) is 23.8 Å². The Hall–Kier alpha value is -3.98. The van der Waals surface area contributed by atoms with Crippen molar-refractivity contribution in [3.05, 3.63) is 144 Å². The van der Waals surface area contributed by atoms with Gasteiger partial charge < -0.3 is 4.90 Å². The first-order chi connectivity index (χ1) is 16.7. The van der Waals surface area contributed by atoms with Crippen molar-refractivity contribution >= 4 is 11.7 Å². The summed E-state index contributed by atoms with van der Waals surface area (Å²) in [6.45, 7) is 0. The van der Waals surface area contributed by atoms with E-state index in [4.69, 9.17) is 0 Å². The molecule has 0 aliphatic carbocycles. The van der Waals surface area contributed by atoms with Crippen molar-refractivity contribution < 1.29 is 9.59 Å². The average Bonchev–Trinajstić information content (AvgIpc) is 2.90. The van der Waals surface area contributed by atoms with Crippen molar-refractivity contribution in [1.82, 2.24) is 4.90 Å². The summed E-state index contributed by atoms with van der Waals surface area (Å²) in [7, 11) is 0. The van der Waals surface area contributed by atoms with Crippen LogP contribution < -0.4 is 0 Å². The molecule has 1 heterocycles. The van der Waals surface area contributed by atoms with E-state index in [1.807, 2.05) is 126 Å². The van der Waals surface area contributed by atoms with Crippen molar-refractivity contribution in [2.75, 3.05) is 0 Å². The summed E-state index contributed by atoms with van der Waals surface area (Å²) in [6, 6.07) is 39.2. The van der Waals surface area contributed by atoms with E-state index >= 15 is 0 Å². The topological polar surface area (TPSA) is 37.4 Å². The summed E-state index contributed by atoms with van der Waals surface area (Å²) < 4.78 is 0. The summed E-state index contributed by atoms with van der Waals surface area (Å²) >= 11 is 0. The highest BCUT2D eigenvalue weighted by atomic mass is 16.2. The van der Waals surface area contributed by atoms with Gasteiger partial charge in [0.15, 0.2) is 0 Å². The Morgan fingerprint density at radius 1 is 0.588 bits per heavy atom. The Balaban J connectivity index is 1.66. The third-order valence-electron chi connectivity index (χ3n) is 6.65. The lowest BCUT2D eigenvalue weighted by atomic mass is 9.83. The van der Waals surface area contributed by atoms with Gasteiger partial charge >= 0.3 is 0 Å². The highest BCUT2D eigenvalue weighted by Gasteiger charge is 2.42. The van der Waals surface area contributed by atoms with Crippen LogP contribution in [-0.4, -0.2) is 16.6 Å². The Morgan fingerprint density at radius 3 is 1.32 bits per heavy atom. The molecule has 34 heavy (non-hydrogen) atoms. The SMILES string of the molecule is O=C1C[C@H](c2ccccc2)N(C(=O)C(c2ccccc2)c2ccccc2)[C@H](c2ccccc2)C1.